The molecule has 1 amide bonds. The van der Waals surface area contributed by atoms with E-state index in [-0.39, 0.29) is 11.6 Å². The largest absolute Gasteiger partial charge is 0.391 e. The molecule has 0 aliphatic heterocycles. The summed E-state index contributed by atoms with van der Waals surface area (Å²) >= 11 is 0. The van der Waals surface area contributed by atoms with Crippen molar-refractivity contribution in [3.63, 3.8) is 0 Å². The highest BCUT2D eigenvalue weighted by atomic mass is 16.3. The van der Waals surface area contributed by atoms with Gasteiger partial charge in [0, 0.05) is 12.6 Å². The lowest BCUT2D eigenvalue weighted by atomic mass is 9.74. The Morgan fingerprint density at radius 1 is 1.17 bits per heavy atom. The minimum Gasteiger partial charge on any atom is -0.391 e. The second kappa shape index (κ2) is 8.70. The van der Waals surface area contributed by atoms with Crippen LogP contribution in [0.15, 0.2) is 36.5 Å². The highest BCUT2D eigenvalue weighted by Crippen LogP contribution is 2.40. The minimum atomic E-state index is -0.764. The van der Waals surface area contributed by atoms with Crippen LogP contribution in [0, 0.1) is 5.92 Å². The van der Waals surface area contributed by atoms with Crippen molar-refractivity contribution < 1.29 is 15.0 Å². The standard InChI is InChI=1S/C23H30N4O3/c24-21(29)17-14-25-20(27-22(17)26-18-7-4-8-19(18)28)13-15-9-11-23(30,12-10-15)16-5-2-1-3-6-16/h1-3,5-6,14-15,18-19,28,30H,4,7-13H2,(H2,24,29)(H,25,26,27)/t15?,18?,19-,23?/m0/s1. The number of amides is 1. The molecule has 0 radical (unpaired) electrons. The number of primary amides is 1. The van der Waals surface area contributed by atoms with E-state index in [2.05, 4.69) is 15.3 Å². The van der Waals surface area contributed by atoms with E-state index in [9.17, 15) is 15.0 Å². The summed E-state index contributed by atoms with van der Waals surface area (Å²) < 4.78 is 0. The summed E-state index contributed by atoms with van der Waals surface area (Å²) in [6.07, 6.45) is 7.43. The molecule has 2 saturated carbocycles. The van der Waals surface area contributed by atoms with Gasteiger partial charge in [-0.2, -0.15) is 0 Å². The van der Waals surface area contributed by atoms with Crippen molar-refractivity contribution in [3.05, 3.63) is 53.5 Å². The van der Waals surface area contributed by atoms with E-state index in [1.165, 1.54) is 6.20 Å². The predicted octanol–water partition coefficient (Wildman–Crippen LogP) is 2.52. The molecule has 4 rings (SSSR count). The van der Waals surface area contributed by atoms with E-state index in [4.69, 9.17) is 5.73 Å². The lowest BCUT2D eigenvalue weighted by Gasteiger charge is -2.36. The zero-order valence-corrected chi connectivity index (χ0v) is 17.1. The Balaban J connectivity index is 1.43. The van der Waals surface area contributed by atoms with Gasteiger partial charge in [0.1, 0.15) is 11.6 Å². The third kappa shape index (κ3) is 4.47. The summed E-state index contributed by atoms with van der Waals surface area (Å²) in [7, 11) is 0. The smallest absolute Gasteiger partial charge is 0.254 e. The maximum Gasteiger partial charge on any atom is 0.254 e. The average molecular weight is 411 g/mol. The van der Waals surface area contributed by atoms with Gasteiger partial charge in [-0.1, -0.05) is 30.3 Å². The number of aliphatic hydroxyl groups excluding tert-OH is 1. The van der Waals surface area contributed by atoms with Gasteiger partial charge >= 0.3 is 0 Å². The summed E-state index contributed by atoms with van der Waals surface area (Å²) in [4.78, 5) is 20.7. The molecule has 30 heavy (non-hydrogen) atoms. The van der Waals surface area contributed by atoms with Crippen molar-refractivity contribution in [2.24, 2.45) is 11.7 Å². The number of nitrogens with zero attached hydrogens (tertiary/aromatic N) is 2. The quantitative estimate of drug-likeness (QED) is 0.581. The van der Waals surface area contributed by atoms with Gasteiger partial charge in [-0.25, -0.2) is 9.97 Å². The van der Waals surface area contributed by atoms with Crippen LogP contribution in [0.2, 0.25) is 0 Å². The first-order valence-corrected chi connectivity index (χ1v) is 10.8. The fourth-order valence-electron chi connectivity index (χ4n) is 4.75. The number of aliphatic hydroxyl groups is 2. The Bertz CT molecular complexity index is 881. The molecule has 2 fully saturated rings. The zero-order chi connectivity index (χ0) is 21.1. The maximum atomic E-state index is 11.8. The zero-order valence-electron chi connectivity index (χ0n) is 17.1. The van der Waals surface area contributed by atoms with Crippen LogP contribution >= 0.6 is 0 Å². The van der Waals surface area contributed by atoms with Gasteiger partial charge in [-0.15, -0.1) is 0 Å². The fourth-order valence-corrected chi connectivity index (χ4v) is 4.75. The van der Waals surface area contributed by atoms with Crippen molar-refractivity contribution in [1.29, 1.82) is 0 Å². The number of rotatable bonds is 6. The lowest BCUT2D eigenvalue weighted by Crippen LogP contribution is -2.32. The van der Waals surface area contributed by atoms with Crippen molar-refractivity contribution in [1.82, 2.24) is 9.97 Å². The number of carbonyl (C=O) groups is 1. The molecule has 0 spiro atoms. The molecule has 1 aromatic heterocycles. The van der Waals surface area contributed by atoms with Crippen molar-refractivity contribution >= 4 is 11.7 Å². The van der Waals surface area contributed by atoms with Crippen molar-refractivity contribution in [2.75, 3.05) is 5.32 Å². The average Bonchev–Trinajstić information content (AvgIpc) is 3.15. The summed E-state index contributed by atoms with van der Waals surface area (Å²) in [6, 6.07) is 9.73. The Hall–Kier alpha value is -2.51. The van der Waals surface area contributed by atoms with Crippen LogP contribution in [0.25, 0.3) is 0 Å². The number of benzene rings is 1. The number of carbonyl (C=O) groups excluding carboxylic acids is 1. The molecule has 7 nitrogen and oxygen atoms in total. The third-order valence-electron chi connectivity index (χ3n) is 6.62. The second-order valence-corrected chi connectivity index (χ2v) is 8.71. The summed E-state index contributed by atoms with van der Waals surface area (Å²) in [5, 5.41) is 24.4. The van der Waals surface area contributed by atoms with Gasteiger partial charge in [0.15, 0.2) is 0 Å². The molecule has 1 heterocycles. The molecule has 2 atom stereocenters. The van der Waals surface area contributed by atoms with Gasteiger partial charge < -0.3 is 21.3 Å². The number of nitrogens with one attached hydrogen (secondary N) is 1. The van der Waals surface area contributed by atoms with E-state index in [1.54, 1.807) is 0 Å². The first-order valence-electron chi connectivity index (χ1n) is 10.8. The molecule has 7 heteroatoms. The van der Waals surface area contributed by atoms with Crippen LogP contribution < -0.4 is 11.1 Å². The van der Waals surface area contributed by atoms with Crippen LogP contribution in [0.4, 0.5) is 5.82 Å². The number of hydrogen-bond acceptors (Lipinski definition) is 6. The summed E-state index contributed by atoms with van der Waals surface area (Å²) in [5.41, 5.74) is 5.96. The number of hydrogen-bond donors (Lipinski definition) is 4. The molecule has 2 aliphatic carbocycles. The van der Waals surface area contributed by atoms with E-state index in [1.807, 2.05) is 30.3 Å². The van der Waals surface area contributed by atoms with Gasteiger partial charge in [-0.3, -0.25) is 4.79 Å². The molecule has 0 saturated heterocycles. The summed E-state index contributed by atoms with van der Waals surface area (Å²) in [5.74, 6) is 0.862. The van der Waals surface area contributed by atoms with Gasteiger partial charge in [0.25, 0.3) is 5.91 Å². The Labute approximate surface area is 176 Å². The first-order chi connectivity index (χ1) is 14.4. The van der Waals surface area contributed by atoms with E-state index in [0.29, 0.717) is 36.8 Å². The maximum absolute atomic E-state index is 11.8. The van der Waals surface area contributed by atoms with Crippen LogP contribution in [-0.2, 0) is 12.0 Å². The molecule has 1 aromatic carbocycles. The molecule has 160 valence electrons. The highest BCUT2D eigenvalue weighted by molar-refractivity contribution is 5.97. The SMILES string of the molecule is NC(=O)c1cnc(CC2CCC(O)(c3ccccc3)CC2)nc1NC1CCC[C@@H]1O. The molecule has 2 aromatic rings. The monoisotopic (exact) mass is 410 g/mol. The Morgan fingerprint density at radius 3 is 2.53 bits per heavy atom. The van der Waals surface area contributed by atoms with Crippen molar-refractivity contribution in [3.8, 4) is 0 Å². The van der Waals surface area contributed by atoms with Crippen molar-refractivity contribution in [2.45, 2.75) is 69.1 Å². The number of aromatic nitrogens is 2. The minimum absolute atomic E-state index is 0.124. The highest BCUT2D eigenvalue weighted by Gasteiger charge is 2.35. The number of nitrogens with two attached hydrogens (primary N) is 1. The Morgan fingerprint density at radius 2 is 1.90 bits per heavy atom. The van der Waals surface area contributed by atoms with Crippen LogP contribution in [0.3, 0.4) is 0 Å². The van der Waals surface area contributed by atoms with E-state index < -0.39 is 17.6 Å². The first kappa shape index (κ1) is 20.8. The second-order valence-electron chi connectivity index (χ2n) is 8.71. The van der Waals surface area contributed by atoms with Crippen LogP contribution in [-0.4, -0.2) is 38.2 Å². The molecule has 1 unspecified atom stereocenters. The van der Waals surface area contributed by atoms with E-state index >= 15 is 0 Å². The number of anilines is 1. The van der Waals surface area contributed by atoms with Gasteiger partial charge in [0.05, 0.1) is 23.3 Å². The normalized spacial score (nSPS) is 28.9. The topological polar surface area (TPSA) is 121 Å². The molecular weight excluding hydrogens is 380 g/mol. The van der Waals surface area contributed by atoms with E-state index in [0.717, 1.165) is 37.7 Å². The third-order valence-corrected chi connectivity index (χ3v) is 6.62. The predicted molar refractivity (Wildman–Crippen MR) is 114 cm³/mol. The van der Waals surface area contributed by atoms with Gasteiger partial charge in [0.2, 0.25) is 0 Å². The molecular formula is C23H30N4O3. The molecule has 5 N–H and O–H groups in total. The Kier molecular flexibility index (Phi) is 6.01. The van der Waals surface area contributed by atoms with Crippen LogP contribution in [0.1, 0.15) is 66.7 Å². The lowest BCUT2D eigenvalue weighted by molar-refractivity contribution is -0.0143. The summed E-state index contributed by atoms with van der Waals surface area (Å²) in [6.45, 7) is 0. The van der Waals surface area contributed by atoms with Gasteiger partial charge in [-0.05, 0) is 56.4 Å². The van der Waals surface area contributed by atoms with Crippen LogP contribution in [0.5, 0.6) is 0 Å². The molecule has 0 bridgehead atoms. The molecule has 2 aliphatic rings. The fraction of sp³-hybridized carbons (Fsp3) is 0.522.